The molecular formula is C17H19NO5. The van der Waals surface area contributed by atoms with Crippen LogP contribution in [0.25, 0.3) is 0 Å². The zero-order chi connectivity index (χ0) is 17.0. The van der Waals surface area contributed by atoms with Gasteiger partial charge in [-0.2, -0.15) is 0 Å². The van der Waals surface area contributed by atoms with Crippen LogP contribution < -0.4 is 0 Å². The van der Waals surface area contributed by atoms with E-state index in [1.165, 1.54) is 4.90 Å². The predicted molar refractivity (Wildman–Crippen MR) is 81.8 cm³/mol. The van der Waals surface area contributed by atoms with Gasteiger partial charge in [-0.25, -0.2) is 0 Å². The third-order valence-corrected chi connectivity index (χ3v) is 3.72. The van der Waals surface area contributed by atoms with Crippen LogP contribution in [0.4, 0.5) is 0 Å². The summed E-state index contributed by atoms with van der Waals surface area (Å²) < 4.78 is 5.24. The Morgan fingerprint density at radius 3 is 2.48 bits per heavy atom. The van der Waals surface area contributed by atoms with Gasteiger partial charge in [-0.05, 0) is 12.5 Å². The molecule has 23 heavy (non-hydrogen) atoms. The number of hydrogen-bond acceptors (Lipinski definition) is 4. The number of carbonyl (C=O) groups is 3. The molecule has 1 atom stereocenters. The van der Waals surface area contributed by atoms with Gasteiger partial charge in [0, 0.05) is 6.42 Å². The van der Waals surface area contributed by atoms with E-state index in [0.717, 1.165) is 5.56 Å². The lowest BCUT2D eigenvalue weighted by atomic mass is 10.0. The largest absolute Gasteiger partial charge is 0.481 e. The molecule has 1 aliphatic rings. The molecule has 0 radical (unpaired) electrons. The van der Waals surface area contributed by atoms with E-state index in [-0.39, 0.29) is 18.1 Å². The first-order valence-corrected chi connectivity index (χ1v) is 7.42. The van der Waals surface area contributed by atoms with E-state index >= 15 is 0 Å². The SMILES string of the molecule is CCC(=O)OC1=C(C)N(Cc2ccccc2)C(=O)[C@@H]1CC(=O)O. The lowest BCUT2D eigenvalue weighted by Crippen LogP contribution is -2.29. The second kappa shape index (κ2) is 7.09. The fourth-order valence-corrected chi connectivity index (χ4v) is 2.51. The van der Waals surface area contributed by atoms with Crippen molar-refractivity contribution in [2.75, 3.05) is 0 Å². The smallest absolute Gasteiger partial charge is 0.310 e. The summed E-state index contributed by atoms with van der Waals surface area (Å²) in [6.07, 6.45) is -0.239. The van der Waals surface area contributed by atoms with Gasteiger partial charge < -0.3 is 14.7 Å². The number of benzene rings is 1. The minimum Gasteiger partial charge on any atom is -0.481 e. The van der Waals surface area contributed by atoms with Crippen molar-refractivity contribution in [3.05, 3.63) is 47.4 Å². The van der Waals surface area contributed by atoms with E-state index in [0.29, 0.717) is 12.2 Å². The summed E-state index contributed by atoms with van der Waals surface area (Å²) >= 11 is 0. The van der Waals surface area contributed by atoms with Gasteiger partial charge in [-0.15, -0.1) is 0 Å². The number of esters is 1. The third kappa shape index (κ3) is 3.77. The molecule has 2 rings (SSSR count). The van der Waals surface area contributed by atoms with E-state index in [4.69, 9.17) is 9.84 Å². The number of nitrogens with zero attached hydrogens (tertiary/aromatic N) is 1. The Kier molecular flexibility index (Phi) is 5.16. The van der Waals surface area contributed by atoms with Crippen molar-refractivity contribution in [1.29, 1.82) is 0 Å². The standard InChI is InChI=1S/C17H19NO5/c1-3-15(21)23-16-11(2)18(10-12-7-5-4-6-8-12)17(22)13(16)9-14(19)20/h4-8,13H,3,9-10H2,1-2H3,(H,19,20)/t13-/m1/s1. The molecule has 1 heterocycles. The molecule has 0 fully saturated rings. The molecule has 6 heteroatoms. The number of carbonyl (C=O) groups excluding carboxylic acids is 2. The number of hydrogen-bond donors (Lipinski definition) is 1. The topological polar surface area (TPSA) is 83.9 Å². The monoisotopic (exact) mass is 317 g/mol. The number of carboxylic acids is 1. The van der Waals surface area contributed by atoms with Crippen molar-refractivity contribution < 1.29 is 24.2 Å². The highest BCUT2D eigenvalue weighted by molar-refractivity contribution is 5.90. The van der Waals surface area contributed by atoms with Crippen molar-refractivity contribution >= 4 is 17.8 Å². The van der Waals surface area contributed by atoms with Crippen molar-refractivity contribution in [3.63, 3.8) is 0 Å². The molecular weight excluding hydrogens is 298 g/mol. The van der Waals surface area contributed by atoms with E-state index in [1.807, 2.05) is 30.3 Å². The normalized spacial score (nSPS) is 17.6. The molecule has 1 aromatic carbocycles. The van der Waals surface area contributed by atoms with Crippen molar-refractivity contribution in [3.8, 4) is 0 Å². The maximum Gasteiger partial charge on any atom is 0.310 e. The molecule has 0 spiro atoms. The quantitative estimate of drug-likeness (QED) is 0.814. The first kappa shape index (κ1) is 16.7. The van der Waals surface area contributed by atoms with Crippen LogP contribution in [0.3, 0.4) is 0 Å². The number of ether oxygens (including phenoxy) is 1. The Hall–Kier alpha value is -2.63. The second-order valence-corrected chi connectivity index (χ2v) is 5.34. The van der Waals surface area contributed by atoms with Crippen LogP contribution in [0.5, 0.6) is 0 Å². The van der Waals surface area contributed by atoms with Crippen LogP contribution >= 0.6 is 0 Å². The Bertz CT molecular complexity index is 650. The summed E-state index contributed by atoms with van der Waals surface area (Å²) in [6.45, 7) is 3.62. The van der Waals surface area contributed by atoms with Crippen LogP contribution in [0, 0.1) is 5.92 Å². The summed E-state index contributed by atoms with van der Waals surface area (Å²) in [7, 11) is 0. The Labute approximate surface area is 134 Å². The van der Waals surface area contributed by atoms with Crippen molar-refractivity contribution in [1.82, 2.24) is 4.90 Å². The Morgan fingerprint density at radius 1 is 1.26 bits per heavy atom. The first-order chi connectivity index (χ1) is 10.9. The van der Waals surface area contributed by atoms with Crippen LogP contribution in [-0.2, 0) is 25.7 Å². The number of allylic oxidation sites excluding steroid dienone is 1. The van der Waals surface area contributed by atoms with Crippen LogP contribution in [0.15, 0.2) is 41.8 Å². The molecule has 1 amide bonds. The third-order valence-electron chi connectivity index (χ3n) is 3.72. The van der Waals surface area contributed by atoms with Crippen LogP contribution in [-0.4, -0.2) is 27.9 Å². The van der Waals surface area contributed by atoms with E-state index in [2.05, 4.69) is 0 Å². The molecule has 0 unspecified atom stereocenters. The van der Waals surface area contributed by atoms with Gasteiger partial charge in [-0.1, -0.05) is 37.3 Å². The van der Waals surface area contributed by atoms with Crippen molar-refractivity contribution in [2.45, 2.75) is 33.2 Å². The first-order valence-electron chi connectivity index (χ1n) is 7.42. The molecule has 1 N–H and O–H groups in total. The Balaban J connectivity index is 2.30. The summed E-state index contributed by atoms with van der Waals surface area (Å²) in [5, 5.41) is 9.03. The molecule has 0 aromatic heterocycles. The molecule has 1 aliphatic heterocycles. The summed E-state index contributed by atoms with van der Waals surface area (Å²) in [4.78, 5) is 36.7. The maximum absolute atomic E-state index is 12.6. The molecule has 0 saturated carbocycles. The van der Waals surface area contributed by atoms with Gasteiger partial charge in [-0.3, -0.25) is 14.4 Å². The average molecular weight is 317 g/mol. The number of amides is 1. The molecule has 0 bridgehead atoms. The fraction of sp³-hybridized carbons (Fsp3) is 0.353. The lowest BCUT2D eigenvalue weighted by molar-refractivity contribution is -0.145. The van der Waals surface area contributed by atoms with E-state index < -0.39 is 24.3 Å². The number of rotatable bonds is 6. The van der Waals surface area contributed by atoms with Gasteiger partial charge in [0.05, 0.1) is 18.7 Å². The minimum absolute atomic E-state index is 0.153. The summed E-state index contributed by atoms with van der Waals surface area (Å²) in [5.41, 5.74) is 1.41. The molecule has 0 saturated heterocycles. The van der Waals surface area contributed by atoms with Crippen molar-refractivity contribution in [2.24, 2.45) is 5.92 Å². The predicted octanol–water partition coefficient (Wildman–Crippen LogP) is 2.30. The lowest BCUT2D eigenvalue weighted by Gasteiger charge is -2.18. The average Bonchev–Trinajstić information content (AvgIpc) is 2.73. The molecule has 122 valence electrons. The number of carboxylic acid groups (broad SMARTS) is 1. The summed E-state index contributed by atoms with van der Waals surface area (Å²) in [6, 6.07) is 9.36. The zero-order valence-electron chi connectivity index (χ0n) is 13.1. The highest BCUT2D eigenvalue weighted by Crippen LogP contribution is 2.34. The van der Waals surface area contributed by atoms with Gasteiger partial charge in [0.15, 0.2) is 0 Å². The minimum atomic E-state index is -1.11. The molecule has 0 aliphatic carbocycles. The maximum atomic E-state index is 12.6. The Morgan fingerprint density at radius 2 is 1.91 bits per heavy atom. The molecule has 6 nitrogen and oxygen atoms in total. The van der Waals surface area contributed by atoms with E-state index in [1.54, 1.807) is 13.8 Å². The second-order valence-electron chi connectivity index (χ2n) is 5.34. The molecule has 1 aromatic rings. The van der Waals surface area contributed by atoms with E-state index in [9.17, 15) is 14.4 Å². The number of aliphatic carboxylic acids is 1. The highest BCUT2D eigenvalue weighted by Gasteiger charge is 2.41. The zero-order valence-corrected chi connectivity index (χ0v) is 13.1. The highest BCUT2D eigenvalue weighted by atomic mass is 16.5. The summed E-state index contributed by atoms with van der Waals surface area (Å²) in [5.74, 6) is -2.74. The van der Waals surface area contributed by atoms with Gasteiger partial charge in [0.1, 0.15) is 11.7 Å². The van der Waals surface area contributed by atoms with Gasteiger partial charge >= 0.3 is 11.9 Å². The van der Waals surface area contributed by atoms with Crippen LogP contribution in [0.2, 0.25) is 0 Å². The van der Waals surface area contributed by atoms with Gasteiger partial charge in [0.2, 0.25) is 5.91 Å². The van der Waals surface area contributed by atoms with Crippen LogP contribution in [0.1, 0.15) is 32.3 Å². The fourth-order valence-electron chi connectivity index (χ4n) is 2.51. The van der Waals surface area contributed by atoms with Gasteiger partial charge in [0.25, 0.3) is 0 Å².